The van der Waals surface area contributed by atoms with E-state index >= 15 is 0 Å². The maximum atomic E-state index is 12.7. The predicted octanol–water partition coefficient (Wildman–Crippen LogP) is 1.03. The lowest BCUT2D eigenvalue weighted by atomic mass is 10.2. The second-order valence-electron chi connectivity index (χ2n) is 3.49. The van der Waals surface area contributed by atoms with Gasteiger partial charge in [-0.2, -0.15) is 0 Å². The van der Waals surface area contributed by atoms with Crippen molar-refractivity contribution in [2.75, 3.05) is 7.11 Å². The summed E-state index contributed by atoms with van der Waals surface area (Å²) in [4.78, 5) is 11.3. The Morgan fingerprint density at radius 2 is 2.31 bits per heavy atom. The van der Waals surface area contributed by atoms with Gasteiger partial charge in [0.2, 0.25) is 5.91 Å². The first-order valence-corrected chi connectivity index (χ1v) is 4.60. The molecule has 3 unspecified atom stereocenters. The number of ether oxygens (including phenoxy) is 1. The lowest BCUT2D eigenvalue weighted by Gasteiger charge is -2.15. The Labute approximate surface area is 77.6 Å². The van der Waals surface area contributed by atoms with Gasteiger partial charge in [-0.1, -0.05) is 0 Å². The van der Waals surface area contributed by atoms with E-state index in [0.717, 1.165) is 6.42 Å². The van der Waals surface area contributed by atoms with E-state index in [0.29, 0.717) is 12.8 Å². The van der Waals surface area contributed by atoms with E-state index in [4.69, 9.17) is 4.74 Å². The molecule has 0 radical (unpaired) electrons. The largest absolute Gasteiger partial charge is 0.372 e. The summed E-state index contributed by atoms with van der Waals surface area (Å²) in [6.45, 7) is 1.68. The van der Waals surface area contributed by atoms with Crippen LogP contribution < -0.4 is 5.32 Å². The third kappa shape index (κ3) is 2.95. The number of hydrogen-bond donors (Lipinski definition) is 1. The summed E-state index contributed by atoms with van der Waals surface area (Å²) in [6.07, 6.45) is 0.555. The van der Waals surface area contributed by atoms with Gasteiger partial charge in [0.1, 0.15) is 12.3 Å². The molecule has 1 aliphatic carbocycles. The van der Waals surface area contributed by atoms with Crippen molar-refractivity contribution in [2.45, 2.75) is 44.5 Å². The number of nitrogens with one attached hydrogen (secondary N) is 1. The van der Waals surface area contributed by atoms with Crippen LogP contribution in [0.2, 0.25) is 0 Å². The Hall–Kier alpha value is -0.640. The highest BCUT2D eigenvalue weighted by Gasteiger charge is 2.26. The number of hydrogen-bond acceptors (Lipinski definition) is 2. The molecule has 0 aromatic carbocycles. The molecule has 13 heavy (non-hydrogen) atoms. The van der Waals surface area contributed by atoms with Gasteiger partial charge < -0.3 is 10.1 Å². The van der Waals surface area contributed by atoms with Crippen LogP contribution >= 0.6 is 0 Å². The van der Waals surface area contributed by atoms with Gasteiger partial charge in [0, 0.05) is 13.2 Å². The van der Waals surface area contributed by atoms with E-state index in [1.54, 1.807) is 6.92 Å². The highest BCUT2D eigenvalue weighted by molar-refractivity contribution is 5.80. The first kappa shape index (κ1) is 10.4. The number of carbonyl (C=O) groups excluding carboxylic acids is 1. The lowest BCUT2D eigenvalue weighted by Crippen LogP contribution is -2.39. The molecular weight excluding hydrogens is 173 g/mol. The molecule has 1 amide bonds. The molecule has 0 heterocycles. The standard InChI is InChI=1S/C9H16FNO2/c1-6(13-2)9(12)11-8-4-3-7(10)5-8/h6-8H,3-5H2,1-2H3,(H,11,12). The first-order chi connectivity index (χ1) is 6.13. The maximum absolute atomic E-state index is 12.7. The molecule has 1 aliphatic rings. The van der Waals surface area contributed by atoms with Crippen molar-refractivity contribution in [1.29, 1.82) is 0 Å². The highest BCUT2D eigenvalue weighted by atomic mass is 19.1. The Kier molecular flexibility index (Phi) is 3.66. The van der Waals surface area contributed by atoms with Crippen molar-refractivity contribution in [1.82, 2.24) is 5.32 Å². The molecule has 0 aliphatic heterocycles. The van der Waals surface area contributed by atoms with Gasteiger partial charge in [-0.15, -0.1) is 0 Å². The van der Waals surface area contributed by atoms with Gasteiger partial charge in [-0.3, -0.25) is 4.79 Å². The van der Waals surface area contributed by atoms with Gasteiger partial charge in [0.15, 0.2) is 0 Å². The van der Waals surface area contributed by atoms with Crippen molar-refractivity contribution in [2.24, 2.45) is 0 Å². The minimum absolute atomic E-state index is 0.0000926. The van der Waals surface area contributed by atoms with E-state index in [1.165, 1.54) is 7.11 Å². The van der Waals surface area contributed by atoms with Crippen molar-refractivity contribution < 1.29 is 13.9 Å². The molecule has 3 atom stereocenters. The minimum Gasteiger partial charge on any atom is -0.372 e. The van der Waals surface area contributed by atoms with Gasteiger partial charge >= 0.3 is 0 Å². The number of alkyl halides is 1. The fourth-order valence-corrected chi connectivity index (χ4v) is 1.48. The Bertz CT molecular complexity index is 186. The van der Waals surface area contributed by atoms with E-state index in [2.05, 4.69) is 5.32 Å². The van der Waals surface area contributed by atoms with Crippen molar-refractivity contribution in [3.8, 4) is 0 Å². The molecule has 4 heteroatoms. The molecule has 0 spiro atoms. The Morgan fingerprint density at radius 3 is 2.77 bits per heavy atom. The summed E-state index contributed by atoms with van der Waals surface area (Å²) in [5, 5.41) is 2.76. The van der Waals surface area contributed by atoms with Gasteiger partial charge in [-0.25, -0.2) is 4.39 Å². The molecule has 1 saturated carbocycles. The lowest BCUT2D eigenvalue weighted by molar-refractivity contribution is -0.130. The predicted molar refractivity (Wildman–Crippen MR) is 47.1 cm³/mol. The third-order valence-corrected chi connectivity index (χ3v) is 2.44. The van der Waals surface area contributed by atoms with Crippen LogP contribution in [-0.4, -0.2) is 31.3 Å². The molecule has 0 bridgehead atoms. The van der Waals surface area contributed by atoms with Crippen LogP contribution in [0.1, 0.15) is 26.2 Å². The number of methoxy groups -OCH3 is 1. The maximum Gasteiger partial charge on any atom is 0.249 e. The second-order valence-corrected chi connectivity index (χ2v) is 3.49. The SMILES string of the molecule is COC(C)C(=O)NC1CCC(F)C1. The van der Waals surface area contributed by atoms with Crippen LogP contribution in [0.25, 0.3) is 0 Å². The minimum atomic E-state index is -0.747. The summed E-state index contributed by atoms with van der Waals surface area (Å²) in [6, 6.07) is 0.0000926. The van der Waals surface area contributed by atoms with Crippen molar-refractivity contribution in [3.63, 3.8) is 0 Å². The number of rotatable bonds is 3. The second kappa shape index (κ2) is 4.56. The summed E-state index contributed by atoms with van der Waals surface area (Å²) < 4.78 is 17.6. The third-order valence-electron chi connectivity index (χ3n) is 2.44. The van der Waals surface area contributed by atoms with E-state index in [1.807, 2.05) is 0 Å². The molecular formula is C9H16FNO2. The van der Waals surface area contributed by atoms with E-state index in [9.17, 15) is 9.18 Å². The Balaban J connectivity index is 2.28. The zero-order valence-corrected chi connectivity index (χ0v) is 8.05. The Morgan fingerprint density at radius 1 is 1.62 bits per heavy atom. The average Bonchev–Trinajstić information content (AvgIpc) is 2.49. The first-order valence-electron chi connectivity index (χ1n) is 4.60. The zero-order valence-electron chi connectivity index (χ0n) is 8.05. The summed E-state index contributed by atoms with van der Waals surface area (Å²) in [5.41, 5.74) is 0. The zero-order chi connectivity index (χ0) is 9.84. The van der Waals surface area contributed by atoms with Gasteiger partial charge in [-0.05, 0) is 26.2 Å². The molecule has 1 N–H and O–H groups in total. The molecule has 1 fully saturated rings. The monoisotopic (exact) mass is 189 g/mol. The molecule has 0 saturated heterocycles. The van der Waals surface area contributed by atoms with Crippen LogP contribution in [0.3, 0.4) is 0 Å². The van der Waals surface area contributed by atoms with Crippen LogP contribution in [-0.2, 0) is 9.53 Å². The van der Waals surface area contributed by atoms with Crippen molar-refractivity contribution in [3.05, 3.63) is 0 Å². The number of amides is 1. The van der Waals surface area contributed by atoms with Gasteiger partial charge in [0.25, 0.3) is 0 Å². The van der Waals surface area contributed by atoms with Crippen LogP contribution in [0.5, 0.6) is 0 Å². The molecule has 76 valence electrons. The molecule has 0 aromatic heterocycles. The molecule has 3 nitrogen and oxygen atoms in total. The quantitative estimate of drug-likeness (QED) is 0.720. The smallest absolute Gasteiger partial charge is 0.249 e. The van der Waals surface area contributed by atoms with Gasteiger partial charge in [0.05, 0.1) is 0 Å². The fourth-order valence-electron chi connectivity index (χ4n) is 1.48. The number of halogens is 1. The normalized spacial score (nSPS) is 30.1. The molecule has 0 aromatic rings. The van der Waals surface area contributed by atoms with E-state index in [-0.39, 0.29) is 11.9 Å². The average molecular weight is 189 g/mol. The summed E-state index contributed by atoms with van der Waals surface area (Å²) >= 11 is 0. The van der Waals surface area contributed by atoms with Crippen LogP contribution in [0.4, 0.5) is 4.39 Å². The fraction of sp³-hybridized carbons (Fsp3) is 0.889. The number of carbonyl (C=O) groups is 1. The van der Waals surface area contributed by atoms with Crippen molar-refractivity contribution >= 4 is 5.91 Å². The summed E-state index contributed by atoms with van der Waals surface area (Å²) in [7, 11) is 1.48. The topological polar surface area (TPSA) is 38.3 Å². The summed E-state index contributed by atoms with van der Waals surface area (Å²) in [5.74, 6) is -0.151. The van der Waals surface area contributed by atoms with Crippen LogP contribution in [0.15, 0.2) is 0 Å². The van der Waals surface area contributed by atoms with Crippen LogP contribution in [0, 0.1) is 0 Å². The highest BCUT2D eigenvalue weighted by Crippen LogP contribution is 2.21. The van der Waals surface area contributed by atoms with E-state index < -0.39 is 12.3 Å². The molecule has 1 rings (SSSR count).